The van der Waals surface area contributed by atoms with E-state index in [2.05, 4.69) is 15.6 Å². The van der Waals surface area contributed by atoms with Crippen molar-refractivity contribution in [2.45, 2.75) is 31.9 Å². The summed E-state index contributed by atoms with van der Waals surface area (Å²) < 4.78 is 7.56. The zero-order chi connectivity index (χ0) is 13.2. The van der Waals surface area contributed by atoms with E-state index in [-0.39, 0.29) is 13.0 Å². The van der Waals surface area contributed by atoms with Gasteiger partial charge in [-0.1, -0.05) is 6.07 Å². The fourth-order valence-corrected chi connectivity index (χ4v) is 2.16. The van der Waals surface area contributed by atoms with Gasteiger partial charge >= 0.3 is 5.97 Å². The van der Waals surface area contributed by atoms with Crippen LogP contribution in [-0.2, 0) is 16.1 Å². The van der Waals surface area contributed by atoms with Gasteiger partial charge in [-0.05, 0) is 30.5 Å². The van der Waals surface area contributed by atoms with E-state index in [1.807, 2.05) is 18.5 Å². The predicted molar refractivity (Wildman–Crippen MR) is 69.9 cm³/mol. The Morgan fingerprint density at radius 2 is 2.32 bits per heavy atom. The van der Waals surface area contributed by atoms with Crippen LogP contribution >= 0.6 is 0 Å². The highest BCUT2D eigenvalue weighted by Crippen LogP contribution is 2.37. The van der Waals surface area contributed by atoms with Gasteiger partial charge in [0.05, 0.1) is 37.0 Å². The number of hydrogen-bond acceptors (Lipinski definition) is 3. The molecule has 3 rings (SSSR count). The van der Waals surface area contributed by atoms with Crippen LogP contribution in [0.1, 0.15) is 30.9 Å². The van der Waals surface area contributed by atoms with Gasteiger partial charge in [0, 0.05) is 6.04 Å². The molecule has 0 unspecified atom stereocenters. The van der Waals surface area contributed by atoms with Crippen LogP contribution in [0.15, 0.2) is 24.5 Å². The third kappa shape index (κ3) is 2.76. The molecule has 0 atom stereocenters. The lowest BCUT2D eigenvalue weighted by molar-refractivity contribution is -0.138. The minimum absolute atomic E-state index is 0.0402. The Bertz CT molecular complexity index is 602. The van der Waals surface area contributed by atoms with Crippen LogP contribution in [0, 0.1) is 0 Å². The Morgan fingerprint density at radius 1 is 1.47 bits per heavy atom. The fourth-order valence-electron chi connectivity index (χ4n) is 2.16. The summed E-state index contributed by atoms with van der Waals surface area (Å²) in [5.74, 6) is -0.835. The molecular formula is C14H16N2O3. The first-order valence-electron chi connectivity index (χ1n) is 6.49. The number of carboxylic acid groups (broad SMARTS) is 1. The summed E-state index contributed by atoms with van der Waals surface area (Å²) >= 11 is 0. The molecule has 0 spiro atoms. The Balaban J connectivity index is 1.66. The molecule has 1 fully saturated rings. The fraction of sp³-hybridized carbons (Fsp3) is 0.429. The van der Waals surface area contributed by atoms with Crippen molar-refractivity contribution >= 4 is 17.0 Å². The zero-order valence-corrected chi connectivity index (χ0v) is 10.6. The van der Waals surface area contributed by atoms with Crippen molar-refractivity contribution in [2.24, 2.45) is 0 Å². The first-order valence-corrected chi connectivity index (χ1v) is 6.49. The van der Waals surface area contributed by atoms with E-state index in [4.69, 9.17) is 9.84 Å². The third-order valence-corrected chi connectivity index (χ3v) is 3.31. The Morgan fingerprint density at radius 3 is 3.05 bits per heavy atom. The summed E-state index contributed by atoms with van der Waals surface area (Å²) in [5, 5.41) is 8.52. The Kier molecular flexibility index (Phi) is 3.21. The highest BCUT2D eigenvalue weighted by Gasteiger charge is 2.24. The van der Waals surface area contributed by atoms with Crippen molar-refractivity contribution in [3.8, 4) is 0 Å². The molecule has 0 saturated heterocycles. The molecule has 1 heterocycles. The van der Waals surface area contributed by atoms with E-state index in [0.717, 1.165) is 16.6 Å². The van der Waals surface area contributed by atoms with Gasteiger partial charge in [-0.15, -0.1) is 0 Å². The van der Waals surface area contributed by atoms with E-state index in [1.165, 1.54) is 12.8 Å². The van der Waals surface area contributed by atoms with Gasteiger partial charge in [-0.2, -0.15) is 0 Å². The molecule has 0 aliphatic heterocycles. The van der Waals surface area contributed by atoms with Crippen LogP contribution in [-0.4, -0.2) is 27.2 Å². The van der Waals surface area contributed by atoms with E-state index in [0.29, 0.717) is 12.6 Å². The number of nitrogens with zero attached hydrogens (tertiary/aromatic N) is 2. The van der Waals surface area contributed by atoms with E-state index in [1.54, 1.807) is 0 Å². The number of fused-ring (bicyclic) bond motifs is 1. The predicted octanol–water partition coefficient (Wildman–Crippen LogP) is 2.36. The third-order valence-electron chi connectivity index (χ3n) is 3.31. The Hall–Kier alpha value is -1.88. The minimum Gasteiger partial charge on any atom is -0.481 e. The molecule has 1 N–H and O–H groups in total. The zero-order valence-electron chi connectivity index (χ0n) is 10.6. The van der Waals surface area contributed by atoms with Crippen molar-refractivity contribution in [1.29, 1.82) is 0 Å². The molecule has 1 aromatic heterocycles. The standard InChI is InChI=1S/C14H16N2O3/c17-14(18)5-6-19-8-10-1-4-13-12(7-10)15-9-16(13)11-2-3-11/h1,4,7,9,11H,2-3,5-6,8H2,(H,17,18). The van der Waals surface area contributed by atoms with Crippen molar-refractivity contribution in [3.05, 3.63) is 30.1 Å². The van der Waals surface area contributed by atoms with Crippen molar-refractivity contribution in [1.82, 2.24) is 9.55 Å². The number of imidazole rings is 1. The smallest absolute Gasteiger partial charge is 0.305 e. The molecule has 1 aliphatic rings. The topological polar surface area (TPSA) is 64.3 Å². The monoisotopic (exact) mass is 260 g/mol. The van der Waals surface area contributed by atoms with Crippen LogP contribution in [0.25, 0.3) is 11.0 Å². The minimum atomic E-state index is -0.835. The van der Waals surface area contributed by atoms with Gasteiger partial charge in [-0.3, -0.25) is 4.79 Å². The number of aliphatic carboxylic acids is 1. The largest absolute Gasteiger partial charge is 0.481 e. The molecule has 100 valence electrons. The van der Waals surface area contributed by atoms with Crippen molar-refractivity contribution < 1.29 is 14.6 Å². The summed E-state index contributed by atoms with van der Waals surface area (Å²) in [6.45, 7) is 0.670. The van der Waals surface area contributed by atoms with Crippen molar-refractivity contribution in [3.63, 3.8) is 0 Å². The Labute approximate surface area is 110 Å². The SMILES string of the molecule is O=C(O)CCOCc1ccc2c(c1)ncn2C1CC1. The van der Waals surface area contributed by atoms with Crippen LogP contribution < -0.4 is 0 Å². The highest BCUT2D eigenvalue weighted by molar-refractivity contribution is 5.76. The molecule has 19 heavy (non-hydrogen) atoms. The summed E-state index contributed by atoms with van der Waals surface area (Å²) in [6.07, 6.45) is 4.42. The number of benzene rings is 1. The van der Waals surface area contributed by atoms with Gasteiger partial charge in [0.1, 0.15) is 0 Å². The van der Waals surface area contributed by atoms with Gasteiger partial charge in [-0.25, -0.2) is 4.98 Å². The van der Waals surface area contributed by atoms with E-state index < -0.39 is 5.97 Å². The van der Waals surface area contributed by atoms with Gasteiger partial charge in [0.25, 0.3) is 0 Å². The maximum absolute atomic E-state index is 10.4. The lowest BCUT2D eigenvalue weighted by Crippen LogP contribution is -2.02. The molecule has 0 bridgehead atoms. The molecule has 2 aromatic rings. The average molecular weight is 260 g/mol. The summed E-state index contributed by atoms with van der Waals surface area (Å²) in [5.41, 5.74) is 3.17. The van der Waals surface area contributed by atoms with Crippen LogP contribution in [0.2, 0.25) is 0 Å². The van der Waals surface area contributed by atoms with Crippen molar-refractivity contribution in [2.75, 3.05) is 6.61 Å². The first-order chi connectivity index (χ1) is 9.24. The van der Waals surface area contributed by atoms with Crippen LogP contribution in [0.4, 0.5) is 0 Å². The normalized spacial score (nSPS) is 14.9. The molecule has 5 nitrogen and oxygen atoms in total. The first kappa shape index (κ1) is 12.2. The summed E-state index contributed by atoms with van der Waals surface area (Å²) in [4.78, 5) is 14.8. The molecule has 0 amide bonds. The number of rotatable bonds is 6. The van der Waals surface area contributed by atoms with Gasteiger partial charge in [0.15, 0.2) is 0 Å². The molecule has 1 aliphatic carbocycles. The number of carbonyl (C=O) groups is 1. The molecule has 1 saturated carbocycles. The second kappa shape index (κ2) is 5.01. The molecular weight excluding hydrogens is 244 g/mol. The second-order valence-electron chi connectivity index (χ2n) is 4.90. The second-order valence-corrected chi connectivity index (χ2v) is 4.90. The highest BCUT2D eigenvalue weighted by atomic mass is 16.5. The molecule has 1 aromatic carbocycles. The lowest BCUT2D eigenvalue weighted by Gasteiger charge is -2.04. The number of carboxylic acids is 1. The summed E-state index contributed by atoms with van der Waals surface area (Å²) in [7, 11) is 0. The average Bonchev–Trinajstić information content (AvgIpc) is 3.15. The molecule has 0 radical (unpaired) electrons. The van der Waals surface area contributed by atoms with Crippen LogP contribution in [0.5, 0.6) is 0 Å². The lowest BCUT2D eigenvalue weighted by atomic mass is 10.2. The van der Waals surface area contributed by atoms with Gasteiger partial charge < -0.3 is 14.4 Å². The maximum Gasteiger partial charge on any atom is 0.305 e. The van der Waals surface area contributed by atoms with Crippen LogP contribution in [0.3, 0.4) is 0 Å². The number of ether oxygens (including phenoxy) is 1. The van der Waals surface area contributed by atoms with E-state index >= 15 is 0 Å². The maximum atomic E-state index is 10.4. The van der Waals surface area contributed by atoms with E-state index in [9.17, 15) is 4.79 Å². The summed E-state index contributed by atoms with van der Waals surface area (Å²) in [6, 6.07) is 6.72. The molecule has 5 heteroatoms. The number of aromatic nitrogens is 2. The number of hydrogen-bond donors (Lipinski definition) is 1. The van der Waals surface area contributed by atoms with Gasteiger partial charge in [0.2, 0.25) is 0 Å². The quantitative estimate of drug-likeness (QED) is 0.810.